The highest BCUT2D eigenvalue weighted by Crippen LogP contribution is 2.54. The second-order valence-electron chi connectivity index (χ2n) is 16.0. The summed E-state index contributed by atoms with van der Waals surface area (Å²) in [5, 5.41) is 0. The van der Waals surface area contributed by atoms with Gasteiger partial charge in [0.2, 0.25) is 0 Å². The van der Waals surface area contributed by atoms with E-state index in [0.29, 0.717) is 0 Å². The van der Waals surface area contributed by atoms with E-state index < -0.39 is 0 Å². The maximum atomic E-state index is 7.26. The zero-order valence-electron chi connectivity index (χ0n) is 28.3. The van der Waals surface area contributed by atoms with Crippen LogP contribution in [0.5, 0.6) is 23.0 Å². The minimum Gasteiger partial charge on any atom is -0.458 e. The minimum absolute atomic E-state index is 0.00261. The van der Waals surface area contributed by atoms with E-state index in [9.17, 15) is 0 Å². The summed E-state index contributed by atoms with van der Waals surface area (Å²) in [6, 6.07) is 33.4. The molecule has 0 fully saturated rings. The van der Waals surface area contributed by atoms with E-state index in [2.05, 4.69) is 144 Å². The lowest BCUT2D eigenvalue weighted by atomic mass is 9.34. The van der Waals surface area contributed by atoms with Crippen molar-refractivity contribution in [3.05, 3.63) is 108 Å². The van der Waals surface area contributed by atoms with Crippen LogP contribution >= 0.6 is 11.8 Å². The zero-order chi connectivity index (χ0) is 32.5. The fraction of sp³-hybridized carbons (Fsp3) is 0.286. The Morgan fingerprint density at radius 3 is 2.00 bits per heavy atom. The van der Waals surface area contributed by atoms with E-state index in [1.807, 2.05) is 11.8 Å². The molecule has 47 heavy (non-hydrogen) atoms. The van der Waals surface area contributed by atoms with Crippen LogP contribution in [0.3, 0.4) is 0 Å². The van der Waals surface area contributed by atoms with E-state index in [1.54, 1.807) is 0 Å². The molecule has 4 aliphatic rings. The number of fused-ring (bicyclic) bond motifs is 8. The third-order valence-corrected chi connectivity index (χ3v) is 12.1. The average molecular weight is 634 g/mol. The Morgan fingerprint density at radius 1 is 0.681 bits per heavy atom. The van der Waals surface area contributed by atoms with E-state index in [4.69, 9.17) is 9.47 Å². The summed E-state index contributed by atoms with van der Waals surface area (Å²) >= 11 is 1.83. The minimum atomic E-state index is -0.00261. The van der Waals surface area contributed by atoms with Gasteiger partial charge in [-0.1, -0.05) is 109 Å². The standard InChI is InChI=1S/C42H40BNO2S/c1-40(2,3)25-16-19-32-29(22-25)43-28-18-17-27-37(42(6,7)21-20-41(27,4)5)39(28)46-34-24-26(23-33(45-32)38(34)43)44-30-12-8-10-14-35(30)47-36-15-11-9-13-31(36)44/h8-19,22-24H,20-21H2,1-7H3. The molecule has 0 saturated carbocycles. The molecule has 0 bridgehead atoms. The number of rotatable bonds is 1. The van der Waals surface area contributed by atoms with Crippen LogP contribution in [0.1, 0.15) is 78.0 Å². The van der Waals surface area contributed by atoms with Crippen LogP contribution in [0.4, 0.5) is 17.1 Å². The molecular formula is C42H40BNO2S. The number of anilines is 3. The van der Waals surface area contributed by atoms with Gasteiger partial charge in [0, 0.05) is 32.9 Å². The number of benzene rings is 5. The normalized spacial score (nSPS) is 17.6. The van der Waals surface area contributed by atoms with Crippen molar-refractivity contribution in [2.75, 3.05) is 4.90 Å². The van der Waals surface area contributed by atoms with E-state index in [-0.39, 0.29) is 23.0 Å². The first-order chi connectivity index (χ1) is 22.4. The Balaban J connectivity index is 1.32. The van der Waals surface area contributed by atoms with Crippen molar-refractivity contribution in [3.63, 3.8) is 0 Å². The number of ether oxygens (including phenoxy) is 2. The highest BCUT2D eigenvalue weighted by atomic mass is 32.2. The largest absolute Gasteiger partial charge is 0.458 e. The third-order valence-electron chi connectivity index (χ3n) is 11.0. The fourth-order valence-corrected chi connectivity index (χ4v) is 9.31. The molecule has 1 aliphatic carbocycles. The van der Waals surface area contributed by atoms with Gasteiger partial charge in [-0.05, 0) is 81.5 Å². The second kappa shape index (κ2) is 9.73. The Labute approximate surface area is 283 Å². The molecule has 5 aromatic rings. The molecule has 0 N–H and O–H groups in total. The lowest BCUT2D eigenvalue weighted by Gasteiger charge is -2.45. The van der Waals surface area contributed by atoms with E-state index >= 15 is 0 Å². The molecule has 0 saturated heterocycles. The van der Waals surface area contributed by atoms with Gasteiger partial charge in [0.15, 0.2) is 0 Å². The Kier molecular flexibility index (Phi) is 6.02. The summed E-state index contributed by atoms with van der Waals surface area (Å²) < 4.78 is 14.1. The molecular weight excluding hydrogens is 593 g/mol. The first-order valence-electron chi connectivity index (χ1n) is 16.9. The summed E-state index contributed by atoms with van der Waals surface area (Å²) in [5.74, 6) is 3.74. The van der Waals surface area contributed by atoms with Crippen molar-refractivity contribution >= 4 is 51.9 Å². The summed E-state index contributed by atoms with van der Waals surface area (Å²) in [5.41, 5.74) is 11.2. The number of para-hydroxylation sites is 2. The van der Waals surface area contributed by atoms with Crippen molar-refractivity contribution in [3.8, 4) is 23.0 Å². The van der Waals surface area contributed by atoms with Crippen LogP contribution in [0, 0.1) is 0 Å². The molecule has 234 valence electrons. The summed E-state index contributed by atoms with van der Waals surface area (Å²) in [4.78, 5) is 4.85. The molecule has 0 radical (unpaired) electrons. The maximum absolute atomic E-state index is 7.26. The van der Waals surface area contributed by atoms with Gasteiger partial charge >= 0.3 is 0 Å². The lowest BCUT2D eigenvalue weighted by Crippen LogP contribution is -2.58. The second-order valence-corrected chi connectivity index (χ2v) is 17.1. The molecule has 5 aromatic carbocycles. The van der Waals surface area contributed by atoms with Gasteiger partial charge in [-0.3, -0.25) is 0 Å². The average Bonchev–Trinajstić information content (AvgIpc) is 3.04. The molecule has 9 rings (SSSR count). The van der Waals surface area contributed by atoms with E-state index in [0.717, 1.165) is 47.0 Å². The first-order valence-corrected chi connectivity index (χ1v) is 17.7. The van der Waals surface area contributed by atoms with E-state index in [1.165, 1.54) is 48.8 Å². The SMILES string of the molecule is CC(C)(C)c1ccc2c(c1)B1c3ccc4c(c3Oc3cc(N5c6ccccc6Sc6ccccc65)cc(c31)O2)C(C)(C)CCC4(C)C. The third kappa shape index (κ3) is 4.28. The molecule has 0 unspecified atom stereocenters. The summed E-state index contributed by atoms with van der Waals surface area (Å²) in [6.07, 6.45) is 2.29. The molecule has 3 heterocycles. The topological polar surface area (TPSA) is 21.7 Å². The quantitative estimate of drug-likeness (QED) is 0.168. The summed E-state index contributed by atoms with van der Waals surface area (Å²) in [6.45, 7) is 16.5. The predicted molar refractivity (Wildman–Crippen MR) is 197 cm³/mol. The summed E-state index contributed by atoms with van der Waals surface area (Å²) in [7, 11) is 0. The highest BCUT2D eigenvalue weighted by Gasteiger charge is 2.47. The molecule has 3 nitrogen and oxygen atoms in total. The van der Waals surface area contributed by atoms with Crippen molar-refractivity contribution in [2.45, 2.75) is 87.3 Å². The fourth-order valence-electron chi connectivity index (χ4n) is 8.25. The number of hydrogen-bond acceptors (Lipinski definition) is 4. The van der Waals surface area contributed by atoms with Crippen LogP contribution in [-0.2, 0) is 16.2 Å². The van der Waals surface area contributed by atoms with Crippen molar-refractivity contribution in [1.82, 2.24) is 0 Å². The van der Waals surface area contributed by atoms with Gasteiger partial charge < -0.3 is 14.4 Å². The Bertz CT molecular complexity index is 2100. The zero-order valence-corrected chi connectivity index (χ0v) is 29.1. The van der Waals surface area contributed by atoms with Gasteiger partial charge in [-0.25, -0.2) is 0 Å². The Hall–Kier alpha value is -4.09. The molecule has 0 atom stereocenters. The molecule has 0 spiro atoms. The first kappa shape index (κ1) is 29.1. The number of nitrogens with zero attached hydrogens (tertiary/aromatic N) is 1. The molecule has 0 amide bonds. The van der Waals surface area contributed by atoms with Crippen LogP contribution in [0.2, 0.25) is 0 Å². The van der Waals surface area contributed by atoms with Crippen molar-refractivity contribution < 1.29 is 9.47 Å². The van der Waals surface area contributed by atoms with Gasteiger partial charge in [-0.2, -0.15) is 0 Å². The van der Waals surface area contributed by atoms with Crippen LogP contribution in [0.15, 0.2) is 101 Å². The van der Waals surface area contributed by atoms with Crippen molar-refractivity contribution in [2.24, 2.45) is 0 Å². The van der Waals surface area contributed by atoms with Gasteiger partial charge in [0.25, 0.3) is 6.71 Å². The monoisotopic (exact) mass is 633 g/mol. The number of hydrogen-bond donors (Lipinski definition) is 0. The highest BCUT2D eigenvalue weighted by molar-refractivity contribution is 7.99. The van der Waals surface area contributed by atoms with Crippen LogP contribution < -0.4 is 30.8 Å². The van der Waals surface area contributed by atoms with Crippen LogP contribution in [-0.4, -0.2) is 6.71 Å². The van der Waals surface area contributed by atoms with Crippen molar-refractivity contribution in [1.29, 1.82) is 0 Å². The molecule has 0 aromatic heterocycles. The van der Waals surface area contributed by atoms with Crippen LogP contribution in [0.25, 0.3) is 0 Å². The molecule has 3 aliphatic heterocycles. The van der Waals surface area contributed by atoms with Gasteiger partial charge in [0.1, 0.15) is 23.0 Å². The smallest absolute Gasteiger partial charge is 0.260 e. The molecule has 5 heteroatoms. The maximum Gasteiger partial charge on any atom is 0.260 e. The Morgan fingerprint density at radius 2 is 1.32 bits per heavy atom. The predicted octanol–water partition coefficient (Wildman–Crippen LogP) is 10.00. The lowest BCUT2D eigenvalue weighted by molar-refractivity contribution is 0.320. The van der Waals surface area contributed by atoms with Gasteiger partial charge in [0.05, 0.1) is 17.1 Å². The van der Waals surface area contributed by atoms with Gasteiger partial charge in [-0.15, -0.1) is 0 Å².